The molecule has 1 aliphatic carbocycles. The molecule has 0 aromatic heterocycles. The number of ether oxygens (including phenoxy) is 3. The zero-order chi connectivity index (χ0) is 13.7. The van der Waals surface area contributed by atoms with Gasteiger partial charge >= 0.3 is 0 Å². The molecular weight excluding hydrogens is 240 g/mol. The van der Waals surface area contributed by atoms with Crippen LogP contribution in [0, 0.1) is 10.8 Å². The minimum absolute atomic E-state index is 0.0769. The normalized spacial score (nSPS) is 44.2. The van der Waals surface area contributed by atoms with Crippen LogP contribution < -0.4 is 0 Å². The third-order valence-corrected chi connectivity index (χ3v) is 6.02. The highest BCUT2D eigenvalue weighted by Gasteiger charge is 2.64. The van der Waals surface area contributed by atoms with Crippen molar-refractivity contribution < 1.29 is 14.2 Å². The van der Waals surface area contributed by atoms with E-state index in [-0.39, 0.29) is 11.5 Å². The summed E-state index contributed by atoms with van der Waals surface area (Å²) in [5.74, 6) is -0.409. The van der Waals surface area contributed by atoms with Crippen LogP contribution in [0.25, 0.3) is 0 Å². The van der Waals surface area contributed by atoms with Crippen LogP contribution in [-0.4, -0.2) is 31.2 Å². The van der Waals surface area contributed by atoms with Gasteiger partial charge < -0.3 is 14.2 Å². The molecule has 2 saturated heterocycles. The van der Waals surface area contributed by atoms with Gasteiger partial charge in [0.15, 0.2) is 5.79 Å². The van der Waals surface area contributed by atoms with Gasteiger partial charge in [-0.15, -0.1) is 0 Å². The molecule has 0 N–H and O–H groups in total. The van der Waals surface area contributed by atoms with Crippen molar-refractivity contribution in [1.29, 1.82) is 0 Å². The van der Waals surface area contributed by atoms with Gasteiger partial charge in [0.05, 0.1) is 25.4 Å². The maximum Gasteiger partial charge on any atom is 0.176 e. The number of hydrogen-bond acceptors (Lipinski definition) is 3. The highest BCUT2D eigenvalue weighted by molar-refractivity contribution is 5.09. The standard InChI is InChI=1S/C16H28O3/c1-5-15-7-6-12(2)19-13(15)14(3,4)16(9-8-15)17-10-11-18-16/h12-13H,5-11H2,1-4H3/t12-,13-,15?/m0/s1. The second-order valence-electron chi connectivity index (χ2n) is 7.25. The van der Waals surface area contributed by atoms with E-state index < -0.39 is 5.79 Å². The second kappa shape index (κ2) is 4.44. The average molecular weight is 268 g/mol. The highest BCUT2D eigenvalue weighted by atomic mass is 16.7. The van der Waals surface area contributed by atoms with E-state index >= 15 is 0 Å². The molecule has 3 rings (SSSR count). The molecule has 0 bridgehead atoms. The van der Waals surface area contributed by atoms with Gasteiger partial charge in [0.2, 0.25) is 0 Å². The van der Waals surface area contributed by atoms with Crippen LogP contribution in [0.5, 0.6) is 0 Å². The van der Waals surface area contributed by atoms with Gasteiger partial charge in [-0.25, -0.2) is 0 Å². The number of rotatable bonds is 1. The lowest BCUT2D eigenvalue weighted by Gasteiger charge is -2.61. The molecule has 3 atom stereocenters. The van der Waals surface area contributed by atoms with Crippen LogP contribution in [0.2, 0.25) is 0 Å². The quantitative estimate of drug-likeness (QED) is 0.728. The SMILES string of the molecule is CCC12CC[C@H](C)O[C@H]1C(C)(C)C1(CC2)OCCO1. The Kier molecular flexibility index (Phi) is 3.23. The topological polar surface area (TPSA) is 27.7 Å². The van der Waals surface area contributed by atoms with Gasteiger partial charge in [-0.1, -0.05) is 20.8 Å². The Morgan fingerprint density at radius 3 is 2.37 bits per heavy atom. The molecule has 110 valence electrons. The fourth-order valence-electron chi connectivity index (χ4n) is 4.70. The molecule has 3 aliphatic rings. The Labute approximate surface area is 117 Å². The summed E-state index contributed by atoms with van der Waals surface area (Å²) in [5.41, 5.74) is 0.253. The van der Waals surface area contributed by atoms with Gasteiger partial charge in [0.25, 0.3) is 0 Å². The van der Waals surface area contributed by atoms with Crippen molar-refractivity contribution in [2.75, 3.05) is 13.2 Å². The molecule has 0 aromatic carbocycles. The molecule has 0 amide bonds. The van der Waals surface area contributed by atoms with Crippen LogP contribution in [0.4, 0.5) is 0 Å². The van der Waals surface area contributed by atoms with Gasteiger partial charge in [0, 0.05) is 11.8 Å². The first kappa shape index (κ1) is 13.8. The van der Waals surface area contributed by atoms with Gasteiger partial charge in [-0.2, -0.15) is 0 Å². The molecule has 3 heteroatoms. The second-order valence-corrected chi connectivity index (χ2v) is 7.25. The van der Waals surface area contributed by atoms with Crippen molar-refractivity contribution in [3.05, 3.63) is 0 Å². The molecule has 1 saturated carbocycles. The Bertz CT molecular complexity index is 346. The van der Waals surface area contributed by atoms with E-state index in [9.17, 15) is 0 Å². The summed E-state index contributed by atoms with van der Waals surface area (Å²) < 4.78 is 18.6. The summed E-state index contributed by atoms with van der Waals surface area (Å²) in [5, 5.41) is 0. The zero-order valence-corrected chi connectivity index (χ0v) is 12.8. The van der Waals surface area contributed by atoms with Crippen LogP contribution >= 0.6 is 0 Å². The Morgan fingerprint density at radius 1 is 1.05 bits per heavy atom. The van der Waals surface area contributed by atoms with Crippen molar-refractivity contribution >= 4 is 0 Å². The molecule has 0 radical (unpaired) electrons. The monoisotopic (exact) mass is 268 g/mol. The Balaban J connectivity index is 1.96. The molecular formula is C16H28O3. The molecule has 1 spiro atoms. The zero-order valence-electron chi connectivity index (χ0n) is 12.8. The third kappa shape index (κ3) is 1.81. The molecule has 0 aromatic rings. The minimum Gasteiger partial charge on any atom is -0.374 e. The first-order valence-corrected chi connectivity index (χ1v) is 7.89. The van der Waals surface area contributed by atoms with E-state index in [1.54, 1.807) is 0 Å². The lowest BCUT2D eigenvalue weighted by Crippen LogP contribution is -2.64. The van der Waals surface area contributed by atoms with Gasteiger partial charge in [0.1, 0.15) is 0 Å². The van der Waals surface area contributed by atoms with Crippen LogP contribution in [0.1, 0.15) is 59.8 Å². The first-order valence-electron chi connectivity index (χ1n) is 7.89. The number of fused-ring (bicyclic) bond motifs is 1. The van der Waals surface area contributed by atoms with Crippen LogP contribution in [0.3, 0.4) is 0 Å². The highest BCUT2D eigenvalue weighted by Crippen LogP contribution is 2.60. The maximum absolute atomic E-state index is 6.43. The minimum atomic E-state index is -0.409. The average Bonchev–Trinajstić information content (AvgIpc) is 2.87. The Morgan fingerprint density at radius 2 is 1.74 bits per heavy atom. The van der Waals surface area contributed by atoms with Crippen molar-refractivity contribution in [2.45, 2.75) is 77.8 Å². The summed E-state index contributed by atoms with van der Waals surface area (Å²) in [6.07, 6.45) is 6.47. The first-order chi connectivity index (χ1) is 8.96. The molecule has 3 fully saturated rings. The van der Waals surface area contributed by atoms with Gasteiger partial charge in [-0.05, 0) is 38.0 Å². The lowest BCUT2D eigenvalue weighted by atomic mass is 9.54. The van der Waals surface area contributed by atoms with E-state index in [1.807, 2.05) is 0 Å². The van der Waals surface area contributed by atoms with E-state index in [0.717, 1.165) is 19.6 Å². The predicted octanol–water partition coefficient (Wildman–Crippen LogP) is 3.51. The largest absolute Gasteiger partial charge is 0.374 e. The fraction of sp³-hybridized carbons (Fsp3) is 1.00. The van der Waals surface area contributed by atoms with Crippen LogP contribution in [-0.2, 0) is 14.2 Å². The number of hydrogen-bond donors (Lipinski definition) is 0. The summed E-state index contributed by atoms with van der Waals surface area (Å²) in [6.45, 7) is 10.5. The summed E-state index contributed by atoms with van der Waals surface area (Å²) in [6, 6.07) is 0. The summed E-state index contributed by atoms with van der Waals surface area (Å²) in [4.78, 5) is 0. The lowest BCUT2D eigenvalue weighted by molar-refractivity contribution is -0.323. The van der Waals surface area contributed by atoms with Crippen molar-refractivity contribution in [3.63, 3.8) is 0 Å². The smallest absolute Gasteiger partial charge is 0.176 e. The molecule has 19 heavy (non-hydrogen) atoms. The van der Waals surface area contributed by atoms with Crippen molar-refractivity contribution in [2.24, 2.45) is 10.8 Å². The van der Waals surface area contributed by atoms with E-state index in [1.165, 1.54) is 25.7 Å². The summed E-state index contributed by atoms with van der Waals surface area (Å²) >= 11 is 0. The molecule has 2 aliphatic heterocycles. The van der Waals surface area contributed by atoms with E-state index in [2.05, 4.69) is 27.7 Å². The van der Waals surface area contributed by atoms with Crippen molar-refractivity contribution in [1.82, 2.24) is 0 Å². The third-order valence-electron chi connectivity index (χ3n) is 6.02. The van der Waals surface area contributed by atoms with Crippen LogP contribution in [0.15, 0.2) is 0 Å². The molecule has 2 heterocycles. The molecule has 3 nitrogen and oxygen atoms in total. The summed E-state index contributed by atoms with van der Waals surface area (Å²) in [7, 11) is 0. The maximum atomic E-state index is 6.43. The molecule has 1 unspecified atom stereocenters. The predicted molar refractivity (Wildman–Crippen MR) is 73.9 cm³/mol. The van der Waals surface area contributed by atoms with Crippen molar-refractivity contribution in [3.8, 4) is 0 Å². The van der Waals surface area contributed by atoms with E-state index in [0.29, 0.717) is 11.5 Å². The van der Waals surface area contributed by atoms with Gasteiger partial charge in [-0.3, -0.25) is 0 Å². The van der Waals surface area contributed by atoms with E-state index in [4.69, 9.17) is 14.2 Å². The fourth-order valence-corrected chi connectivity index (χ4v) is 4.70. The Hall–Kier alpha value is -0.120.